The minimum Gasteiger partial charge on any atom is -0.507 e. The molecular formula is C55H65NO10. The molecule has 6 aliphatic rings. The highest BCUT2D eigenvalue weighted by molar-refractivity contribution is 5.90. The second kappa shape index (κ2) is 19.3. The van der Waals surface area contributed by atoms with Crippen molar-refractivity contribution in [3.63, 3.8) is 0 Å². The lowest BCUT2D eigenvalue weighted by atomic mass is 9.66. The molecule has 9 bridgehead atoms. The van der Waals surface area contributed by atoms with Crippen molar-refractivity contribution < 1.29 is 49.4 Å². The third kappa shape index (κ3) is 9.31. The van der Waals surface area contributed by atoms with Crippen molar-refractivity contribution in [3.8, 4) is 23.3 Å². The van der Waals surface area contributed by atoms with Crippen LogP contribution >= 0.6 is 0 Å². The molecule has 2 fully saturated rings. The number of benzene rings is 3. The zero-order valence-electron chi connectivity index (χ0n) is 38.4. The number of aromatic hydroxyl groups is 1. The van der Waals surface area contributed by atoms with Crippen LogP contribution in [0.15, 0.2) is 53.6 Å². The van der Waals surface area contributed by atoms with Gasteiger partial charge in [-0.1, -0.05) is 68.7 Å². The van der Waals surface area contributed by atoms with Gasteiger partial charge in [0.05, 0.1) is 31.2 Å². The number of Topliss-reactive ketones (excluding diaryl/α,β-unsaturated/α-hetero) is 1. The maximum atomic E-state index is 15.6. The lowest BCUT2D eigenvalue weighted by Gasteiger charge is -2.45. The highest BCUT2D eigenvalue weighted by atomic mass is 16.6. The van der Waals surface area contributed by atoms with Crippen LogP contribution in [0.1, 0.15) is 160 Å². The van der Waals surface area contributed by atoms with Crippen LogP contribution < -0.4 is 10.1 Å². The molecule has 9 rings (SSSR count). The SMILES string of the molecule is CCC[C@]1(O)[C@H]2CCC(=O)[C@@H](Cc3ccc4c(c3)C[C@@H](O)/C(=C3/C[C@@H](c5cc(CO)cc(NC[C@H](C)O)c5)C#C[C@H]5CC(=O)Oc6c5cc(c(O)c6C5CCCCC5)C[C@H]1OC3=O)CC4)C2. The van der Waals surface area contributed by atoms with E-state index in [9.17, 15) is 35.1 Å². The van der Waals surface area contributed by atoms with Crippen molar-refractivity contribution in [3.05, 3.63) is 98.1 Å². The number of aliphatic hydroxyl groups excluding tert-OH is 3. The minimum absolute atomic E-state index is 0.00363. The van der Waals surface area contributed by atoms with Gasteiger partial charge in [-0.05, 0) is 134 Å². The maximum Gasteiger partial charge on any atom is 0.334 e. The number of rotatable bonds is 8. The summed E-state index contributed by atoms with van der Waals surface area (Å²) < 4.78 is 13.0. The molecule has 3 aromatic carbocycles. The first-order valence-corrected chi connectivity index (χ1v) is 24.6. The quantitative estimate of drug-likeness (QED) is 0.0741. The van der Waals surface area contributed by atoms with E-state index in [0.29, 0.717) is 83.4 Å². The van der Waals surface area contributed by atoms with Crippen LogP contribution in [0, 0.1) is 23.7 Å². The number of aliphatic hydroxyl groups is 4. The molecule has 0 saturated heterocycles. The Kier molecular flexibility index (Phi) is 13.5. The molecule has 11 heteroatoms. The van der Waals surface area contributed by atoms with E-state index in [4.69, 9.17) is 9.47 Å². The normalized spacial score (nSPS) is 29.5. The number of carbonyl (C=O) groups is 3. The van der Waals surface area contributed by atoms with E-state index in [1.165, 1.54) is 0 Å². The van der Waals surface area contributed by atoms with Gasteiger partial charge in [-0.25, -0.2) is 4.79 Å². The number of anilines is 1. The number of phenols is 1. The van der Waals surface area contributed by atoms with Crippen molar-refractivity contribution in [1.29, 1.82) is 0 Å². The number of phenolic OH excluding ortho intramolecular Hbond substituents is 1. The molecule has 3 aliphatic heterocycles. The van der Waals surface area contributed by atoms with Gasteiger partial charge in [-0.15, -0.1) is 0 Å². The molecule has 6 N–H and O–H groups in total. The number of aryl methyl sites for hydroxylation is 1. The Bertz CT molecular complexity index is 2470. The van der Waals surface area contributed by atoms with Gasteiger partial charge < -0.3 is 40.3 Å². The molecule has 0 radical (unpaired) electrons. The summed E-state index contributed by atoms with van der Waals surface area (Å²) in [5.41, 5.74) is 5.79. The summed E-state index contributed by atoms with van der Waals surface area (Å²) >= 11 is 0. The van der Waals surface area contributed by atoms with Gasteiger partial charge in [0, 0.05) is 60.0 Å². The van der Waals surface area contributed by atoms with Crippen molar-refractivity contribution in [2.75, 3.05) is 11.9 Å². The molecule has 0 unspecified atom stereocenters. The molecular weight excluding hydrogens is 835 g/mol. The molecule has 0 amide bonds. The van der Waals surface area contributed by atoms with Crippen LogP contribution in [-0.4, -0.2) is 73.7 Å². The van der Waals surface area contributed by atoms with Crippen LogP contribution in [0.4, 0.5) is 5.69 Å². The summed E-state index contributed by atoms with van der Waals surface area (Å²) in [5.74, 6) is 4.06. The molecule has 3 aliphatic carbocycles. The Labute approximate surface area is 388 Å². The highest BCUT2D eigenvalue weighted by Gasteiger charge is 2.50. The van der Waals surface area contributed by atoms with Crippen molar-refractivity contribution in [2.24, 2.45) is 11.8 Å². The van der Waals surface area contributed by atoms with Crippen LogP contribution in [-0.2, 0) is 51.4 Å². The molecule has 0 aromatic heterocycles. The highest BCUT2D eigenvalue weighted by Crippen LogP contribution is 2.51. The lowest BCUT2D eigenvalue weighted by Crippen LogP contribution is -2.54. The first kappa shape index (κ1) is 46.1. The largest absolute Gasteiger partial charge is 0.507 e. The molecule has 3 heterocycles. The van der Waals surface area contributed by atoms with E-state index in [2.05, 4.69) is 35.4 Å². The average molecular weight is 900 g/mol. The third-order valence-electron chi connectivity index (χ3n) is 15.6. The first-order valence-electron chi connectivity index (χ1n) is 24.6. The minimum atomic E-state index is -1.62. The number of ether oxygens (including phenoxy) is 2. The van der Waals surface area contributed by atoms with E-state index >= 15 is 4.79 Å². The number of hydrogen-bond acceptors (Lipinski definition) is 11. The number of ketones is 1. The van der Waals surface area contributed by atoms with Crippen LogP contribution in [0.2, 0.25) is 0 Å². The zero-order chi connectivity index (χ0) is 46.3. The maximum absolute atomic E-state index is 15.6. The lowest BCUT2D eigenvalue weighted by molar-refractivity contribution is -0.176. The van der Waals surface area contributed by atoms with Crippen molar-refractivity contribution >= 4 is 23.4 Å². The fourth-order valence-corrected chi connectivity index (χ4v) is 12.2. The summed E-state index contributed by atoms with van der Waals surface area (Å²) in [6.45, 7) is 3.63. The van der Waals surface area contributed by atoms with Crippen LogP contribution in [0.5, 0.6) is 11.5 Å². The Hall–Kier alpha value is -4.99. The first-order chi connectivity index (χ1) is 31.8. The predicted molar refractivity (Wildman–Crippen MR) is 249 cm³/mol. The third-order valence-corrected chi connectivity index (χ3v) is 15.6. The molecule has 0 spiro atoms. The summed E-state index contributed by atoms with van der Waals surface area (Å²) in [4.78, 5) is 43.0. The standard InChI is InChI=1S/C55H65NO10/c1-3-17-55(64)42-14-16-47(59)40(22-42)19-32-9-10-34-13-15-44(48(60)26-39(34)18-32)46-24-36(38-20-33(30-57)21-43(23-38)56-29-31(2)58)11-12-37-28-50(61)66-53-45(37)25-41(27-49(55)65-54(46)63)52(62)51(53)35-7-5-4-6-8-35/h9-10,18,20-21,23,25,31,35-37,40,42,48-49,56-58,60,62,64H,3-8,13-17,19,22,24,26-30H2,1-2H3/b46-44-/t31-,36-,37-,40-,42-,48+,49+,55-/m0/s1. The Balaban J connectivity index is 1.30. The fourth-order valence-electron chi connectivity index (χ4n) is 12.2. The van der Waals surface area contributed by atoms with Gasteiger partial charge in [-0.3, -0.25) is 9.59 Å². The summed E-state index contributed by atoms with van der Waals surface area (Å²) in [6.07, 6.45) is 5.17. The average Bonchev–Trinajstić information content (AvgIpc) is 3.45. The second-order valence-electron chi connectivity index (χ2n) is 20.2. The number of nitrogens with one attached hydrogen (secondary N) is 1. The molecule has 66 heavy (non-hydrogen) atoms. The topological polar surface area (TPSA) is 183 Å². The van der Waals surface area contributed by atoms with E-state index in [0.717, 1.165) is 48.8 Å². The molecule has 11 nitrogen and oxygen atoms in total. The fraction of sp³-hybridized carbons (Fsp3) is 0.545. The summed E-state index contributed by atoms with van der Waals surface area (Å²) in [6, 6.07) is 13.6. The van der Waals surface area contributed by atoms with Gasteiger partial charge >= 0.3 is 11.9 Å². The Morgan fingerprint density at radius 3 is 2.44 bits per heavy atom. The second-order valence-corrected chi connectivity index (χ2v) is 20.2. The van der Waals surface area contributed by atoms with Gasteiger partial charge in [0.1, 0.15) is 29.0 Å². The van der Waals surface area contributed by atoms with Crippen LogP contribution in [0.3, 0.4) is 0 Å². The van der Waals surface area contributed by atoms with Crippen LogP contribution in [0.25, 0.3) is 0 Å². The Morgan fingerprint density at radius 1 is 0.864 bits per heavy atom. The van der Waals surface area contributed by atoms with Crippen molar-refractivity contribution in [1.82, 2.24) is 0 Å². The summed E-state index contributed by atoms with van der Waals surface area (Å²) in [7, 11) is 0. The molecule has 2 saturated carbocycles. The van der Waals surface area contributed by atoms with E-state index < -0.39 is 53.6 Å². The predicted octanol–water partition coefficient (Wildman–Crippen LogP) is 7.68. The summed E-state index contributed by atoms with van der Waals surface area (Å²) in [5, 5.41) is 62.3. The Morgan fingerprint density at radius 2 is 1.67 bits per heavy atom. The monoisotopic (exact) mass is 899 g/mol. The molecule has 3 aromatic rings. The van der Waals surface area contributed by atoms with Gasteiger partial charge in [-0.2, -0.15) is 0 Å². The number of esters is 2. The van der Waals surface area contributed by atoms with E-state index in [-0.39, 0.29) is 80.6 Å². The molecule has 8 atom stereocenters. The van der Waals surface area contributed by atoms with Gasteiger partial charge in [0.15, 0.2) is 0 Å². The smallest absolute Gasteiger partial charge is 0.334 e. The number of hydrogen-bond donors (Lipinski definition) is 6. The molecule has 350 valence electrons. The van der Waals surface area contributed by atoms with Gasteiger partial charge in [0.25, 0.3) is 0 Å². The van der Waals surface area contributed by atoms with Gasteiger partial charge in [0.2, 0.25) is 0 Å². The zero-order valence-corrected chi connectivity index (χ0v) is 38.4. The van der Waals surface area contributed by atoms with Crippen molar-refractivity contribution in [2.45, 2.75) is 171 Å². The number of carbonyl (C=O) groups excluding carboxylic acids is 3. The number of fused-ring (bicyclic) bond motifs is 9. The van der Waals surface area contributed by atoms with E-state index in [1.807, 2.05) is 25.1 Å². The van der Waals surface area contributed by atoms with E-state index in [1.54, 1.807) is 13.0 Å².